The summed E-state index contributed by atoms with van der Waals surface area (Å²) in [6.45, 7) is 5.44. The van der Waals surface area contributed by atoms with E-state index in [9.17, 15) is 4.79 Å². The van der Waals surface area contributed by atoms with Crippen molar-refractivity contribution in [3.05, 3.63) is 53.4 Å². The minimum Gasteiger partial charge on any atom is -0.327 e. The van der Waals surface area contributed by atoms with E-state index >= 15 is 0 Å². The van der Waals surface area contributed by atoms with Crippen LogP contribution in [0.3, 0.4) is 0 Å². The molecule has 0 atom stereocenters. The minimum atomic E-state index is -0.0959. The number of aryl methyl sites for hydroxylation is 2. The monoisotopic (exact) mass is 337 g/mol. The molecule has 0 unspecified atom stereocenters. The number of rotatable bonds is 7. The van der Waals surface area contributed by atoms with Crippen molar-refractivity contribution >= 4 is 5.91 Å². The Bertz CT molecular complexity index is 793. The molecular weight excluding hydrogens is 314 g/mol. The zero-order chi connectivity index (χ0) is 17.2. The Morgan fingerprint density at radius 3 is 2.92 bits per heavy atom. The number of nitrogens with zero attached hydrogens (tertiary/aromatic N) is 5. The number of hydrogen-bond acceptors (Lipinski definition) is 4. The summed E-state index contributed by atoms with van der Waals surface area (Å²) in [7, 11) is 0. The van der Waals surface area contributed by atoms with Gasteiger partial charge in [0.1, 0.15) is 0 Å². The second-order valence-electron chi connectivity index (χ2n) is 7.08. The van der Waals surface area contributed by atoms with Crippen molar-refractivity contribution in [2.75, 3.05) is 0 Å². The highest BCUT2D eigenvalue weighted by Gasteiger charge is 2.25. The Morgan fingerprint density at radius 1 is 1.28 bits per heavy atom. The van der Waals surface area contributed by atoms with Gasteiger partial charge in [0.05, 0.1) is 6.54 Å². The summed E-state index contributed by atoms with van der Waals surface area (Å²) >= 11 is 0. The average molecular weight is 337 g/mol. The van der Waals surface area contributed by atoms with Crippen LogP contribution in [0.4, 0.5) is 0 Å². The van der Waals surface area contributed by atoms with E-state index in [-0.39, 0.29) is 5.91 Å². The number of carbonyl (C=O) groups excluding carboxylic acids is 1. The third-order valence-electron chi connectivity index (χ3n) is 5.09. The van der Waals surface area contributed by atoms with Gasteiger partial charge in [-0.3, -0.25) is 4.79 Å². The number of hydrogen-bond donors (Lipinski definition) is 0. The third kappa shape index (κ3) is 3.62. The van der Waals surface area contributed by atoms with Crippen LogP contribution in [0.5, 0.6) is 0 Å². The molecule has 130 valence electrons. The van der Waals surface area contributed by atoms with Crippen molar-refractivity contribution < 1.29 is 4.79 Å². The maximum atomic E-state index is 12.4. The van der Waals surface area contributed by atoms with Crippen LogP contribution in [0.1, 0.15) is 41.8 Å². The summed E-state index contributed by atoms with van der Waals surface area (Å²) < 4.78 is 1.84. The molecule has 0 bridgehead atoms. The average Bonchev–Trinajstić information content (AvgIpc) is 3.14. The summed E-state index contributed by atoms with van der Waals surface area (Å²) in [6, 6.07) is 6.56. The summed E-state index contributed by atoms with van der Waals surface area (Å²) in [6.07, 6.45) is 7.37. The van der Waals surface area contributed by atoms with E-state index in [1.807, 2.05) is 4.68 Å². The first-order valence-corrected chi connectivity index (χ1v) is 9.00. The highest BCUT2D eigenvalue weighted by atomic mass is 16.2. The van der Waals surface area contributed by atoms with Crippen molar-refractivity contribution in [2.24, 2.45) is 5.92 Å². The van der Waals surface area contributed by atoms with Crippen LogP contribution in [-0.2, 0) is 37.3 Å². The number of aromatic nitrogens is 4. The first kappa shape index (κ1) is 16.0. The summed E-state index contributed by atoms with van der Waals surface area (Å²) in [5.41, 5.74) is 4.01. The highest BCUT2D eigenvalue weighted by Crippen LogP contribution is 2.30. The Hall–Kier alpha value is -2.50. The fourth-order valence-electron chi connectivity index (χ4n) is 3.48. The second-order valence-corrected chi connectivity index (χ2v) is 7.08. The lowest BCUT2D eigenvalue weighted by Crippen LogP contribution is -2.30. The van der Waals surface area contributed by atoms with Crippen LogP contribution in [-0.4, -0.2) is 31.0 Å². The smallest absolute Gasteiger partial charge is 0.246 e. The van der Waals surface area contributed by atoms with Crippen molar-refractivity contribution in [1.82, 2.24) is 25.1 Å². The van der Waals surface area contributed by atoms with Crippen molar-refractivity contribution in [3.63, 3.8) is 0 Å². The molecule has 4 rings (SSSR count). The molecule has 2 aliphatic carbocycles. The first-order valence-electron chi connectivity index (χ1n) is 9.00. The van der Waals surface area contributed by atoms with Gasteiger partial charge in [-0.1, -0.05) is 24.8 Å². The van der Waals surface area contributed by atoms with E-state index in [4.69, 9.17) is 0 Å². The van der Waals surface area contributed by atoms with Gasteiger partial charge in [-0.05, 0) is 71.2 Å². The van der Waals surface area contributed by atoms with Gasteiger partial charge < -0.3 is 4.90 Å². The summed E-state index contributed by atoms with van der Waals surface area (Å²) in [4.78, 5) is 14.1. The molecule has 1 aromatic carbocycles. The standard InChI is InChI=1S/C19H23N5O/c1-2-19(25)23(11-15-8-9-16-4-3-5-17(16)10-15)13-18-20-21-22-24(18)12-14-6-7-14/h2,8-10,14H,1,3-7,11-13H2. The Balaban J connectivity index is 1.51. The maximum absolute atomic E-state index is 12.4. The predicted octanol–water partition coefficient (Wildman–Crippen LogP) is 2.29. The van der Waals surface area contributed by atoms with E-state index < -0.39 is 0 Å². The SMILES string of the molecule is C=CC(=O)N(Cc1ccc2c(c1)CCC2)Cc1nnnn1CC1CC1. The molecule has 1 saturated carbocycles. The molecule has 6 nitrogen and oxygen atoms in total. The molecule has 2 aliphatic rings. The topological polar surface area (TPSA) is 63.9 Å². The lowest BCUT2D eigenvalue weighted by atomic mass is 10.1. The largest absolute Gasteiger partial charge is 0.327 e. The molecule has 0 aliphatic heterocycles. The molecule has 1 fully saturated rings. The van der Waals surface area contributed by atoms with Crippen LogP contribution < -0.4 is 0 Å². The lowest BCUT2D eigenvalue weighted by molar-refractivity contribution is -0.127. The second kappa shape index (κ2) is 6.78. The van der Waals surface area contributed by atoms with Crippen LogP contribution in [0, 0.1) is 5.92 Å². The molecule has 1 amide bonds. The maximum Gasteiger partial charge on any atom is 0.246 e. The zero-order valence-corrected chi connectivity index (χ0v) is 14.4. The molecule has 0 saturated heterocycles. The molecule has 0 spiro atoms. The van der Waals surface area contributed by atoms with Crippen LogP contribution in [0.25, 0.3) is 0 Å². The molecule has 0 radical (unpaired) electrons. The number of benzene rings is 1. The highest BCUT2D eigenvalue weighted by molar-refractivity contribution is 5.86. The van der Waals surface area contributed by atoms with Crippen LogP contribution in [0.2, 0.25) is 0 Å². The zero-order valence-electron chi connectivity index (χ0n) is 14.4. The van der Waals surface area contributed by atoms with E-state index in [0.29, 0.717) is 19.0 Å². The van der Waals surface area contributed by atoms with Crippen LogP contribution in [0.15, 0.2) is 30.9 Å². The fraction of sp³-hybridized carbons (Fsp3) is 0.474. The predicted molar refractivity (Wildman–Crippen MR) is 93.5 cm³/mol. The first-order chi connectivity index (χ1) is 12.2. The Morgan fingerprint density at radius 2 is 2.12 bits per heavy atom. The van der Waals surface area contributed by atoms with E-state index in [2.05, 4.69) is 40.3 Å². The van der Waals surface area contributed by atoms with Crippen molar-refractivity contribution in [1.29, 1.82) is 0 Å². The molecule has 0 N–H and O–H groups in total. The van der Waals surface area contributed by atoms with Gasteiger partial charge >= 0.3 is 0 Å². The number of fused-ring (bicyclic) bond motifs is 1. The van der Waals surface area contributed by atoms with Gasteiger partial charge in [-0.15, -0.1) is 5.10 Å². The molecular formula is C19H23N5O. The van der Waals surface area contributed by atoms with Crippen molar-refractivity contribution in [3.8, 4) is 0 Å². The quantitative estimate of drug-likeness (QED) is 0.727. The molecule has 25 heavy (non-hydrogen) atoms. The minimum absolute atomic E-state index is 0.0959. The van der Waals surface area contributed by atoms with E-state index in [1.54, 1.807) is 4.90 Å². The third-order valence-corrected chi connectivity index (χ3v) is 5.09. The van der Waals surface area contributed by atoms with Gasteiger partial charge in [-0.2, -0.15) is 0 Å². The summed E-state index contributed by atoms with van der Waals surface area (Å²) in [5, 5.41) is 12.0. The summed E-state index contributed by atoms with van der Waals surface area (Å²) in [5.74, 6) is 1.33. The van der Waals surface area contributed by atoms with Crippen molar-refractivity contribution in [2.45, 2.75) is 51.7 Å². The molecule has 2 aromatic rings. The normalized spacial score (nSPS) is 15.8. The van der Waals surface area contributed by atoms with Crippen LogP contribution >= 0.6 is 0 Å². The molecule has 6 heteroatoms. The number of tetrazole rings is 1. The number of carbonyl (C=O) groups is 1. The van der Waals surface area contributed by atoms with E-state index in [1.165, 1.54) is 42.9 Å². The van der Waals surface area contributed by atoms with Gasteiger partial charge in [0.15, 0.2) is 5.82 Å². The van der Waals surface area contributed by atoms with Gasteiger partial charge in [-0.25, -0.2) is 4.68 Å². The fourth-order valence-corrected chi connectivity index (χ4v) is 3.48. The van der Waals surface area contributed by atoms with Gasteiger partial charge in [0.25, 0.3) is 0 Å². The Labute approximate surface area is 147 Å². The van der Waals surface area contributed by atoms with E-state index in [0.717, 1.165) is 24.4 Å². The van der Waals surface area contributed by atoms with Gasteiger partial charge in [0, 0.05) is 13.1 Å². The lowest BCUT2D eigenvalue weighted by Gasteiger charge is -2.21. The molecule has 1 aromatic heterocycles. The Kier molecular flexibility index (Phi) is 4.34. The van der Waals surface area contributed by atoms with Gasteiger partial charge in [0.2, 0.25) is 5.91 Å². The molecule has 1 heterocycles. The number of amides is 1.